The van der Waals surface area contributed by atoms with E-state index in [1.54, 1.807) is 0 Å². The number of carbonyl (C=O) groups excluding carboxylic acids is 1. The van der Waals surface area contributed by atoms with E-state index in [1.165, 1.54) is 20.3 Å². The number of rotatable bonds is 7. The molecule has 7 nitrogen and oxygen atoms in total. The number of nitrogens with two attached hydrogens (primary N) is 1. The zero-order valence-corrected chi connectivity index (χ0v) is 14.8. The van der Waals surface area contributed by atoms with E-state index in [4.69, 9.17) is 10.5 Å². The summed E-state index contributed by atoms with van der Waals surface area (Å²) in [5.41, 5.74) is 5.75. The summed E-state index contributed by atoms with van der Waals surface area (Å²) in [6, 6.07) is 1.06. The van der Waals surface area contributed by atoms with Gasteiger partial charge < -0.3 is 15.2 Å². The van der Waals surface area contributed by atoms with Gasteiger partial charge in [0.2, 0.25) is 0 Å². The van der Waals surface area contributed by atoms with Crippen molar-refractivity contribution in [2.75, 3.05) is 20.8 Å². The molecule has 1 saturated carbocycles. The van der Waals surface area contributed by atoms with Gasteiger partial charge in [-0.3, -0.25) is 0 Å². The zero-order chi connectivity index (χ0) is 17.0. The van der Waals surface area contributed by atoms with Crippen LogP contribution in [0.25, 0.3) is 0 Å². The molecule has 0 radical (unpaired) electrons. The van der Waals surface area contributed by atoms with Crippen molar-refractivity contribution in [3.05, 3.63) is 10.9 Å². The normalized spacial score (nSPS) is 17.2. The first-order chi connectivity index (χ1) is 10.9. The second-order valence-corrected chi connectivity index (χ2v) is 8.43. The third kappa shape index (κ3) is 4.03. The second kappa shape index (κ2) is 7.61. The van der Waals surface area contributed by atoms with Crippen molar-refractivity contribution in [2.45, 2.75) is 35.9 Å². The fraction of sp³-hybridized carbons (Fsp3) is 0.643. The van der Waals surface area contributed by atoms with Crippen LogP contribution in [0.2, 0.25) is 0 Å². The molecule has 1 aromatic rings. The first-order valence-electron chi connectivity index (χ1n) is 7.41. The number of thiophene rings is 1. The molecular weight excluding hydrogens is 340 g/mol. The van der Waals surface area contributed by atoms with Crippen molar-refractivity contribution in [3.8, 4) is 5.75 Å². The molecule has 1 aromatic heterocycles. The molecule has 1 unspecified atom stereocenters. The maximum atomic E-state index is 12.7. The van der Waals surface area contributed by atoms with Crippen molar-refractivity contribution in [3.63, 3.8) is 0 Å². The fourth-order valence-corrected chi connectivity index (χ4v) is 5.67. The molecule has 1 aliphatic carbocycles. The lowest BCUT2D eigenvalue weighted by atomic mass is 9.99. The maximum absolute atomic E-state index is 12.7. The van der Waals surface area contributed by atoms with Crippen molar-refractivity contribution in [1.82, 2.24) is 4.72 Å². The van der Waals surface area contributed by atoms with E-state index in [1.807, 2.05) is 0 Å². The Balaban J connectivity index is 2.27. The average Bonchev–Trinajstić information content (AvgIpc) is 3.21. The molecule has 0 bridgehead atoms. The smallest absolute Gasteiger partial charge is 0.348 e. The summed E-state index contributed by atoms with van der Waals surface area (Å²) >= 11 is 0.828. The summed E-state index contributed by atoms with van der Waals surface area (Å²) in [6.07, 6.45) is 4.13. The Labute approximate surface area is 140 Å². The van der Waals surface area contributed by atoms with Gasteiger partial charge in [-0.25, -0.2) is 17.9 Å². The largest absolute Gasteiger partial charge is 0.494 e. The molecule has 130 valence electrons. The van der Waals surface area contributed by atoms with E-state index in [2.05, 4.69) is 9.46 Å². The van der Waals surface area contributed by atoms with Crippen LogP contribution >= 0.6 is 11.3 Å². The van der Waals surface area contributed by atoms with E-state index in [-0.39, 0.29) is 33.3 Å². The molecule has 1 fully saturated rings. The first kappa shape index (κ1) is 18.2. The Morgan fingerprint density at radius 3 is 2.61 bits per heavy atom. The van der Waals surface area contributed by atoms with Gasteiger partial charge in [-0.15, -0.1) is 11.3 Å². The van der Waals surface area contributed by atoms with Crippen LogP contribution in [0, 0.1) is 5.92 Å². The molecule has 0 spiro atoms. The first-order valence-corrected chi connectivity index (χ1v) is 9.71. The minimum absolute atomic E-state index is 0.0307. The van der Waals surface area contributed by atoms with E-state index < -0.39 is 16.0 Å². The van der Waals surface area contributed by atoms with Gasteiger partial charge in [0.25, 0.3) is 10.0 Å². The van der Waals surface area contributed by atoms with Crippen molar-refractivity contribution in [1.29, 1.82) is 0 Å². The molecule has 0 saturated heterocycles. The van der Waals surface area contributed by atoms with Crippen LogP contribution in [0.3, 0.4) is 0 Å². The van der Waals surface area contributed by atoms with Crippen LogP contribution in [-0.4, -0.2) is 41.2 Å². The van der Waals surface area contributed by atoms with Crippen LogP contribution < -0.4 is 15.2 Å². The van der Waals surface area contributed by atoms with Crippen LogP contribution in [0.5, 0.6) is 5.75 Å². The monoisotopic (exact) mass is 362 g/mol. The quantitative estimate of drug-likeness (QED) is 0.709. The van der Waals surface area contributed by atoms with E-state index in [0.29, 0.717) is 0 Å². The van der Waals surface area contributed by atoms with Crippen molar-refractivity contribution >= 4 is 27.3 Å². The van der Waals surface area contributed by atoms with Crippen LogP contribution in [0.4, 0.5) is 0 Å². The molecule has 1 atom stereocenters. The standard InChI is InChI=1S/C14H22N2O5S2/c1-20-11-7-12(13(17)21-2)22-14(11)23(18,19)16-10(8-15)9-5-3-4-6-9/h7,9-10,16H,3-6,8,15H2,1-2H3. The zero-order valence-electron chi connectivity index (χ0n) is 13.2. The SMILES string of the molecule is COC(=O)c1cc(OC)c(S(=O)(=O)NC(CN)C2CCCC2)s1. The van der Waals surface area contributed by atoms with Crippen LogP contribution in [0.15, 0.2) is 10.3 Å². The number of nitrogens with one attached hydrogen (secondary N) is 1. The van der Waals surface area contributed by atoms with E-state index in [9.17, 15) is 13.2 Å². The van der Waals surface area contributed by atoms with Gasteiger partial charge >= 0.3 is 5.97 Å². The summed E-state index contributed by atoms with van der Waals surface area (Å²) in [5.74, 6) is -0.216. The average molecular weight is 362 g/mol. The molecule has 1 heterocycles. The Hall–Kier alpha value is -1.16. The molecule has 2 rings (SSSR count). The number of hydrogen-bond acceptors (Lipinski definition) is 7. The summed E-state index contributed by atoms with van der Waals surface area (Å²) in [7, 11) is -1.21. The molecule has 0 aliphatic heterocycles. The molecule has 0 aromatic carbocycles. The Kier molecular flexibility index (Phi) is 6.01. The lowest BCUT2D eigenvalue weighted by molar-refractivity contribution is 0.0606. The number of hydrogen-bond donors (Lipinski definition) is 2. The minimum Gasteiger partial charge on any atom is -0.494 e. The summed E-state index contributed by atoms with van der Waals surface area (Å²) in [6.45, 7) is 0.238. The third-order valence-electron chi connectivity index (χ3n) is 4.05. The highest BCUT2D eigenvalue weighted by atomic mass is 32.2. The summed E-state index contributed by atoms with van der Waals surface area (Å²) in [5, 5.41) is 0. The highest BCUT2D eigenvalue weighted by Gasteiger charge is 2.32. The molecule has 9 heteroatoms. The van der Waals surface area contributed by atoms with Gasteiger partial charge in [-0.05, 0) is 18.8 Å². The lowest BCUT2D eigenvalue weighted by Gasteiger charge is -2.22. The van der Waals surface area contributed by atoms with Gasteiger partial charge in [0.05, 0.1) is 14.2 Å². The number of sulfonamides is 1. The van der Waals surface area contributed by atoms with E-state index in [0.717, 1.165) is 37.0 Å². The second-order valence-electron chi connectivity index (χ2n) is 5.47. The Morgan fingerprint density at radius 2 is 2.09 bits per heavy atom. The van der Waals surface area contributed by atoms with Crippen molar-refractivity contribution < 1.29 is 22.7 Å². The molecule has 0 amide bonds. The highest BCUT2D eigenvalue weighted by molar-refractivity contribution is 7.91. The molecule has 3 N–H and O–H groups in total. The van der Waals surface area contributed by atoms with Crippen LogP contribution in [0.1, 0.15) is 35.4 Å². The van der Waals surface area contributed by atoms with Gasteiger partial charge in [-0.2, -0.15) is 0 Å². The van der Waals surface area contributed by atoms with Gasteiger partial charge in [-0.1, -0.05) is 12.8 Å². The van der Waals surface area contributed by atoms with Crippen molar-refractivity contribution in [2.24, 2.45) is 11.7 Å². The Bertz CT molecular complexity index is 650. The maximum Gasteiger partial charge on any atom is 0.348 e. The van der Waals surface area contributed by atoms with Gasteiger partial charge in [0.15, 0.2) is 9.96 Å². The molecule has 1 aliphatic rings. The van der Waals surface area contributed by atoms with Gasteiger partial charge in [0, 0.05) is 18.7 Å². The Morgan fingerprint density at radius 1 is 1.43 bits per heavy atom. The highest BCUT2D eigenvalue weighted by Crippen LogP contribution is 2.35. The minimum atomic E-state index is -3.82. The fourth-order valence-electron chi connectivity index (χ4n) is 2.84. The lowest BCUT2D eigenvalue weighted by Crippen LogP contribution is -2.44. The number of esters is 1. The topological polar surface area (TPSA) is 108 Å². The molecule has 23 heavy (non-hydrogen) atoms. The summed E-state index contributed by atoms with van der Waals surface area (Å²) < 4.78 is 37.7. The molecular formula is C14H22N2O5S2. The predicted molar refractivity (Wildman–Crippen MR) is 87.3 cm³/mol. The number of carbonyl (C=O) groups is 1. The van der Waals surface area contributed by atoms with E-state index >= 15 is 0 Å². The van der Waals surface area contributed by atoms with Crippen LogP contribution in [-0.2, 0) is 14.8 Å². The third-order valence-corrected chi connectivity index (χ3v) is 7.15. The number of ether oxygens (including phenoxy) is 2. The summed E-state index contributed by atoms with van der Waals surface area (Å²) in [4.78, 5) is 11.8. The van der Waals surface area contributed by atoms with Gasteiger partial charge in [0.1, 0.15) is 4.88 Å². The predicted octanol–water partition coefficient (Wildman–Crippen LogP) is 1.34. The number of methoxy groups -OCH3 is 2.